The molecule has 2 saturated carbocycles. The third-order valence-electron chi connectivity index (χ3n) is 4.81. The highest BCUT2D eigenvalue weighted by Gasteiger charge is 2.48. The van der Waals surface area contributed by atoms with Gasteiger partial charge in [0.05, 0.1) is 15.6 Å². The monoisotopic (exact) mass is 362 g/mol. The largest absolute Gasteiger partial charge is 0.349 e. The van der Waals surface area contributed by atoms with Gasteiger partial charge in [-0.3, -0.25) is 4.79 Å². The zero-order valence-electron chi connectivity index (χ0n) is 12.4. The highest BCUT2D eigenvalue weighted by Crippen LogP contribution is 2.49. The van der Waals surface area contributed by atoms with E-state index in [-0.39, 0.29) is 35.7 Å². The topological polar surface area (TPSA) is 55.1 Å². The molecule has 1 amide bonds. The third-order valence-corrected chi connectivity index (χ3v) is 5.55. The lowest BCUT2D eigenvalue weighted by Crippen LogP contribution is -2.53. The van der Waals surface area contributed by atoms with Crippen molar-refractivity contribution < 1.29 is 4.79 Å². The fraction of sp³-hybridized carbons (Fsp3) is 0.562. The molecule has 3 atom stereocenters. The van der Waals surface area contributed by atoms with Crippen LogP contribution in [0.15, 0.2) is 18.2 Å². The van der Waals surface area contributed by atoms with E-state index in [1.165, 1.54) is 0 Å². The minimum atomic E-state index is -0.248. The van der Waals surface area contributed by atoms with Crippen LogP contribution >= 0.6 is 35.6 Å². The van der Waals surface area contributed by atoms with Gasteiger partial charge < -0.3 is 11.1 Å². The summed E-state index contributed by atoms with van der Waals surface area (Å²) < 4.78 is 0. The summed E-state index contributed by atoms with van der Waals surface area (Å²) in [7, 11) is 0. The first kappa shape index (κ1) is 17.9. The molecule has 3 unspecified atom stereocenters. The van der Waals surface area contributed by atoms with Crippen LogP contribution in [0, 0.1) is 11.8 Å². The predicted molar refractivity (Wildman–Crippen MR) is 92.9 cm³/mol. The number of rotatable bonds is 5. The van der Waals surface area contributed by atoms with Crippen LogP contribution in [0.25, 0.3) is 0 Å². The summed E-state index contributed by atoms with van der Waals surface area (Å²) in [5.74, 6) is 0.937. The average Bonchev–Trinajstić information content (AvgIpc) is 3.32. The lowest BCUT2D eigenvalue weighted by molar-refractivity contribution is -0.124. The van der Waals surface area contributed by atoms with Crippen LogP contribution in [0.2, 0.25) is 10.0 Å². The van der Waals surface area contributed by atoms with Gasteiger partial charge >= 0.3 is 0 Å². The van der Waals surface area contributed by atoms with Crippen molar-refractivity contribution in [1.82, 2.24) is 5.32 Å². The van der Waals surface area contributed by atoms with Crippen molar-refractivity contribution in [1.29, 1.82) is 0 Å². The maximum absolute atomic E-state index is 12.4. The number of benzene rings is 1. The van der Waals surface area contributed by atoms with E-state index in [0.717, 1.165) is 24.8 Å². The van der Waals surface area contributed by atoms with Gasteiger partial charge in [-0.05, 0) is 55.7 Å². The van der Waals surface area contributed by atoms with E-state index in [4.69, 9.17) is 28.9 Å². The van der Waals surface area contributed by atoms with Crippen molar-refractivity contribution in [3.05, 3.63) is 33.8 Å². The maximum Gasteiger partial charge on any atom is 0.224 e. The summed E-state index contributed by atoms with van der Waals surface area (Å²) >= 11 is 12.0. The van der Waals surface area contributed by atoms with Crippen molar-refractivity contribution in [2.75, 3.05) is 6.54 Å². The number of halogens is 3. The number of nitrogens with two attached hydrogens (primary N) is 1. The molecule has 0 saturated heterocycles. The summed E-state index contributed by atoms with van der Waals surface area (Å²) in [6.45, 7) is 2.55. The van der Waals surface area contributed by atoms with Crippen LogP contribution in [0.3, 0.4) is 0 Å². The van der Waals surface area contributed by atoms with Gasteiger partial charge in [-0.25, -0.2) is 0 Å². The van der Waals surface area contributed by atoms with Gasteiger partial charge in [0.25, 0.3) is 0 Å². The Balaban J connectivity index is 0.00000176. The van der Waals surface area contributed by atoms with Crippen molar-refractivity contribution in [3.63, 3.8) is 0 Å². The van der Waals surface area contributed by atoms with Crippen LogP contribution in [0.5, 0.6) is 0 Å². The predicted octanol–water partition coefficient (Wildman–Crippen LogP) is 3.76. The van der Waals surface area contributed by atoms with E-state index >= 15 is 0 Å². The number of amides is 1. The van der Waals surface area contributed by atoms with Gasteiger partial charge in [0, 0.05) is 12.5 Å². The smallest absolute Gasteiger partial charge is 0.224 e. The fourth-order valence-electron chi connectivity index (χ4n) is 3.01. The van der Waals surface area contributed by atoms with Gasteiger partial charge in [0.1, 0.15) is 0 Å². The minimum absolute atomic E-state index is 0. The quantitative estimate of drug-likeness (QED) is 0.837. The van der Waals surface area contributed by atoms with E-state index in [2.05, 4.69) is 12.2 Å². The molecule has 0 radical (unpaired) electrons. The van der Waals surface area contributed by atoms with Crippen molar-refractivity contribution >= 4 is 41.5 Å². The molecular weight excluding hydrogens is 343 g/mol. The number of hydrogen-bond donors (Lipinski definition) is 2. The molecule has 2 aliphatic rings. The second-order valence-corrected chi connectivity index (χ2v) is 7.32. The molecule has 1 aromatic carbocycles. The average molecular weight is 364 g/mol. The van der Waals surface area contributed by atoms with Crippen LogP contribution in [-0.2, 0) is 4.79 Å². The Labute approximate surface area is 147 Å². The zero-order valence-corrected chi connectivity index (χ0v) is 14.8. The lowest BCUT2D eigenvalue weighted by Gasteiger charge is -2.29. The van der Waals surface area contributed by atoms with Crippen LogP contribution in [0.4, 0.5) is 0 Å². The number of carbonyl (C=O) groups excluding carboxylic acids is 1. The van der Waals surface area contributed by atoms with Crippen molar-refractivity contribution in [3.8, 4) is 0 Å². The number of carbonyl (C=O) groups is 1. The SMILES string of the molecule is CC(CN)(NC(=O)C1CC1c1ccc(Cl)c(Cl)c1)C1CC1.Cl. The fourth-order valence-corrected chi connectivity index (χ4v) is 3.32. The first-order chi connectivity index (χ1) is 9.94. The molecule has 3 rings (SSSR count). The van der Waals surface area contributed by atoms with Gasteiger partial charge in [0.15, 0.2) is 0 Å². The molecule has 0 aliphatic heterocycles. The summed E-state index contributed by atoms with van der Waals surface area (Å²) in [4.78, 5) is 12.4. The van der Waals surface area contributed by atoms with E-state index in [1.54, 1.807) is 6.07 Å². The molecule has 1 aromatic rings. The Bertz CT molecular complexity index is 577. The van der Waals surface area contributed by atoms with E-state index in [0.29, 0.717) is 22.5 Å². The van der Waals surface area contributed by atoms with Gasteiger partial charge in [-0.2, -0.15) is 0 Å². The summed E-state index contributed by atoms with van der Waals surface area (Å²) in [5.41, 5.74) is 6.69. The van der Waals surface area contributed by atoms with Gasteiger partial charge in [0.2, 0.25) is 5.91 Å². The normalized spacial score (nSPS) is 25.8. The summed E-state index contributed by atoms with van der Waals surface area (Å²) in [6.07, 6.45) is 3.19. The van der Waals surface area contributed by atoms with Gasteiger partial charge in [-0.15, -0.1) is 12.4 Å². The molecule has 0 spiro atoms. The number of nitrogens with one attached hydrogen (secondary N) is 1. The minimum Gasteiger partial charge on any atom is -0.349 e. The second-order valence-electron chi connectivity index (χ2n) is 6.51. The first-order valence-corrected chi connectivity index (χ1v) is 8.17. The van der Waals surface area contributed by atoms with Crippen molar-refractivity contribution in [2.45, 2.75) is 37.6 Å². The van der Waals surface area contributed by atoms with Crippen LogP contribution in [0.1, 0.15) is 37.7 Å². The molecule has 22 heavy (non-hydrogen) atoms. The third kappa shape index (κ3) is 3.53. The molecule has 3 N–H and O–H groups in total. The molecule has 0 heterocycles. The van der Waals surface area contributed by atoms with E-state index in [1.807, 2.05) is 12.1 Å². The molecule has 0 aromatic heterocycles. The number of hydrogen-bond acceptors (Lipinski definition) is 2. The molecule has 0 bridgehead atoms. The molecule has 2 fully saturated rings. The highest BCUT2D eigenvalue weighted by molar-refractivity contribution is 6.42. The Morgan fingerprint density at radius 3 is 2.59 bits per heavy atom. The highest BCUT2D eigenvalue weighted by atomic mass is 35.5. The van der Waals surface area contributed by atoms with E-state index < -0.39 is 0 Å². The Hall–Kier alpha value is -0.480. The molecular formula is C16H21Cl3N2O. The van der Waals surface area contributed by atoms with Crippen LogP contribution < -0.4 is 11.1 Å². The zero-order chi connectivity index (χ0) is 15.2. The Morgan fingerprint density at radius 2 is 2.05 bits per heavy atom. The molecule has 3 nitrogen and oxygen atoms in total. The lowest BCUT2D eigenvalue weighted by atomic mass is 9.95. The first-order valence-electron chi connectivity index (χ1n) is 7.41. The summed E-state index contributed by atoms with van der Waals surface area (Å²) in [5, 5.41) is 4.26. The van der Waals surface area contributed by atoms with Crippen LogP contribution in [-0.4, -0.2) is 18.0 Å². The Morgan fingerprint density at radius 1 is 1.36 bits per heavy atom. The van der Waals surface area contributed by atoms with Gasteiger partial charge in [-0.1, -0.05) is 29.3 Å². The van der Waals surface area contributed by atoms with E-state index in [9.17, 15) is 4.79 Å². The Kier molecular flexibility index (Phi) is 5.33. The molecule has 122 valence electrons. The van der Waals surface area contributed by atoms with Crippen molar-refractivity contribution in [2.24, 2.45) is 17.6 Å². The maximum atomic E-state index is 12.4. The molecule has 2 aliphatic carbocycles. The standard InChI is InChI=1S/C16H20Cl2N2O.ClH/c1-16(8-19,10-3-4-10)20-15(21)12-7-11(12)9-2-5-13(17)14(18)6-9;/h2,5-6,10-12H,3-4,7-8,19H2,1H3,(H,20,21);1H. The molecule has 6 heteroatoms. The second kappa shape index (κ2) is 6.56. The summed E-state index contributed by atoms with van der Waals surface area (Å²) in [6, 6.07) is 5.61.